The van der Waals surface area contributed by atoms with Gasteiger partial charge in [0.2, 0.25) is 0 Å². The van der Waals surface area contributed by atoms with Crippen LogP contribution in [0.5, 0.6) is 0 Å². The van der Waals surface area contributed by atoms with Gasteiger partial charge in [-0.15, -0.1) is 0 Å². The molecule has 0 aliphatic carbocycles. The molecule has 0 radical (unpaired) electrons. The van der Waals surface area contributed by atoms with E-state index in [1.165, 1.54) is 4.68 Å². The highest BCUT2D eigenvalue weighted by molar-refractivity contribution is 5.40. The molecule has 1 aromatic heterocycles. The van der Waals surface area contributed by atoms with Crippen molar-refractivity contribution in [1.29, 1.82) is 0 Å². The largest absolute Gasteiger partial charge is 0.376 e. The Morgan fingerprint density at radius 2 is 2.24 bits per heavy atom. The summed E-state index contributed by atoms with van der Waals surface area (Å²) in [6.07, 6.45) is 3.72. The van der Waals surface area contributed by atoms with E-state index in [-0.39, 0.29) is 5.56 Å². The molecule has 1 unspecified atom stereocenters. The second-order valence-electron chi connectivity index (χ2n) is 4.50. The third-order valence-corrected chi connectivity index (χ3v) is 2.87. The highest BCUT2D eigenvalue weighted by Gasteiger charge is 2.03. The van der Waals surface area contributed by atoms with E-state index in [0.717, 1.165) is 18.5 Å². The van der Waals surface area contributed by atoms with Gasteiger partial charge in [0.15, 0.2) is 0 Å². The summed E-state index contributed by atoms with van der Waals surface area (Å²) in [5.41, 5.74) is 0.808. The van der Waals surface area contributed by atoms with Gasteiger partial charge in [-0.1, -0.05) is 0 Å². The van der Waals surface area contributed by atoms with Crippen LogP contribution in [-0.4, -0.2) is 37.0 Å². The molecule has 0 fully saturated rings. The molecule has 1 rings (SSSR count). The summed E-state index contributed by atoms with van der Waals surface area (Å²) in [4.78, 5) is 13.6. The highest BCUT2D eigenvalue weighted by Crippen LogP contribution is 2.04. The van der Waals surface area contributed by atoms with Gasteiger partial charge in [-0.05, 0) is 26.8 Å². The molecule has 0 saturated heterocycles. The van der Waals surface area contributed by atoms with Crippen molar-refractivity contribution in [2.45, 2.75) is 32.4 Å². The molecule has 96 valence electrons. The fourth-order valence-corrected chi connectivity index (χ4v) is 1.53. The molecule has 0 aromatic carbocycles. The van der Waals surface area contributed by atoms with E-state index in [4.69, 9.17) is 0 Å². The second kappa shape index (κ2) is 6.39. The van der Waals surface area contributed by atoms with Gasteiger partial charge >= 0.3 is 0 Å². The lowest BCUT2D eigenvalue weighted by Crippen LogP contribution is -2.26. The van der Waals surface area contributed by atoms with Crippen LogP contribution in [-0.2, 0) is 6.54 Å². The van der Waals surface area contributed by atoms with Crippen LogP contribution in [0.4, 0.5) is 5.69 Å². The molecule has 0 amide bonds. The zero-order chi connectivity index (χ0) is 12.8. The Labute approximate surface area is 102 Å². The van der Waals surface area contributed by atoms with Gasteiger partial charge in [-0.3, -0.25) is 4.79 Å². The maximum Gasteiger partial charge on any atom is 0.268 e. The zero-order valence-electron chi connectivity index (χ0n) is 11.1. The van der Waals surface area contributed by atoms with Crippen molar-refractivity contribution in [3.05, 3.63) is 22.6 Å². The third-order valence-electron chi connectivity index (χ3n) is 2.87. The number of hydrogen-bond acceptors (Lipinski definition) is 4. The average Bonchev–Trinajstić information content (AvgIpc) is 2.30. The Morgan fingerprint density at radius 3 is 2.76 bits per heavy atom. The van der Waals surface area contributed by atoms with Crippen molar-refractivity contribution >= 4 is 5.69 Å². The predicted octanol–water partition coefficient (Wildman–Crippen LogP) is 0.697. The van der Waals surface area contributed by atoms with Crippen molar-refractivity contribution in [2.24, 2.45) is 0 Å². The van der Waals surface area contributed by atoms with Crippen LogP contribution >= 0.6 is 0 Å². The Balaban J connectivity index is 2.58. The smallest absolute Gasteiger partial charge is 0.268 e. The van der Waals surface area contributed by atoms with Gasteiger partial charge in [0.05, 0.1) is 11.9 Å². The summed E-state index contributed by atoms with van der Waals surface area (Å²) in [7, 11) is 5.74. The SMILES string of the molecule is CNC(C)CCCn1ncc(N(C)C)cc1=O. The minimum Gasteiger partial charge on any atom is -0.376 e. The van der Waals surface area contributed by atoms with Gasteiger partial charge in [-0.2, -0.15) is 5.10 Å². The van der Waals surface area contributed by atoms with Crippen LogP contribution in [0.2, 0.25) is 0 Å². The molecule has 0 aliphatic rings. The van der Waals surface area contributed by atoms with Crippen LogP contribution in [0.15, 0.2) is 17.1 Å². The highest BCUT2D eigenvalue weighted by atomic mass is 16.1. The number of nitrogens with zero attached hydrogens (tertiary/aromatic N) is 3. The first-order chi connectivity index (χ1) is 8.04. The van der Waals surface area contributed by atoms with Crippen molar-refractivity contribution in [3.8, 4) is 0 Å². The van der Waals surface area contributed by atoms with E-state index in [1.54, 1.807) is 12.3 Å². The van der Waals surface area contributed by atoms with Gasteiger partial charge < -0.3 is 10.2 Å². The fourth-order valence-electron chi connectivity index (χ4n) is 1.53. The van der Waals surface area contributed by atoms with E-state index in [2.05, 4.69) is 17.3 Å². The number of hydrogen-bond donors (Lipinski definition) is 1. The second-order valence-corrected chi connectivity index (χ2v) is 4.50. The topological polar surface area (TPSA) is 50.2 Å². The lowest BCUT2D eigenvalue weighted by Gasteiger charge is -2.13. The maximum absolute atomic E-state index is 11.7. The summed E-state index contributed by atoms with van der Waals surface area (Å²) in [5, 5.41) is 7.34. The molecule has 5 nitrogen and oxygen atoms in total. The van der Waals surface area contributed by atoms with Gasteiger partial charge in [-0.25, -0.2) is 4.68 Å². The lowest BCUT2D eigenvalue weighted by molar-refractivity contribution is 0.476. The van der Waals surface area contributed by atoms with E-state index < -0.39 is 0 Å². The molecule has 0 saturated carbocycles. The Morgan fingerprint density at radius 1 is 1.53 bits per heavy atom. The van der Waals surface area contributed by atoms with Crippen molar-refractivity contribution < 1.29 is 0 Å². The first kappa shape index (κ1) is 13.7. The van der Waals surface area contributed by atoms with Crippen molar-refractivity contribution in [2.75, 3.05) is 26.0 Å². The first-order valence-electron chi connectivity index (χ1n) is 5.96. The molecule has 0 aliphatic heterocycles. The Bertz CT molecular complexity index is 400. The number of anilines is 1. The van der Waals surface area contributed by atoms with E-state index in [0.29, 0.717) is 12.6 Å². The quantitative estimate of drug-likeness (QED) is 0.792. The molecule has 17 heavy (non-hydrogen) atoms. The Hall–Kier alpha value is -1.36. The van der Waals surface area contributed by atoms with E-state index in [1.807, 2.05) is 26.0 Å². The first-order valence-corrected chi connectivity index (χ1v) is 5.96. The third kappa shape index (κ3) is 4.19. The average molecular weight is 238 g/mol. The number of rotatable bonds is 6. The molecule has 0 bridgehead atoms. The molecule has 1 N–H and O–H groups in total. The molecule has 1 aromatic rings. The fraction of sp³-hybridized carbons (Fsp3) is 0.667. The summed E-state index contributed by atoms with van der Waals surface area (Å²) in [5.74, 6) is 0. The number of aromatic nitrogens is 2. The molecule has 1 heterocycles. The van der Waals surface area contributed by atoms with Crippen LogP contribution in [0.3, 0.4) is 0 Å². The Kier molecular flexibility index (Phi) is 5.15. The lowest BCUT2D eigenvalue weighted by atomic mass is 10.2. The van der Waals surface area contributed by atoms with Crippen molar-refractivity contribution in [3.63, 3.8) is 0 Å². The summed E-state index contributed by atoms with van der Waals surface area (Å²) in [6.45, 7) is 2.81. The number of nitrogens with one attached hydrogen (secondary N) is 1. The minimum absolute atomic E-state index is 0.0340. The van der Waals surface area contributed by atoms with Gasteiger partial charge in [0.1, 0.15) is 0 Å². The van der Waals surface area contributed by atoms with Gasteiger partial charge in [0.25, 0.3) is 5.56 Å². The molecular weight excluding hydrogens is 216 g/mol. The predicted molar refractivity (Wildman–Crippen MR) is 70.6 cm³/mol. The molecule has 5 heteroatoms. The van der Waals surface area contributed by atoms with Crippen LogP contribution < -0.4 is 15.8 Å². The van der Waals surface area contributed by atoms with E-state index >= 15 is 0 Å². The van der Waals surface area contributed by atoms with Gasteiger partial charge in [0, 0.05) is 32.7 Å². The van der Waals surface area contributed by atoms with Crippen LogP contribution in [0.25, 0.3) is 0 Å². The van der Waals surface area contributed by atoms with Crippen LogP contribution in [0.1, 0.15) is 19.8 Å². The zero-order valence-corrected chi connectivity index (χ0v) is 11.1. The monoisotopic (exact) mass is 238 g/mol. The molecular formula is C12H22N4O. The maximum atomic E-state index is 11.7. The van der Waals surface area contributed by atoms with Crippen molar-refractivity contribution in [1.82, 2.24) is 15.1 Å². The van der Waals surface area contributed by atoms with Crippen LogP contribution in [0, 0.1) is 0 Å². The standard InChI is InChI=1S/C12H22N4O/c1-10(13-2)6-5-7-16-12(17)8-11(9-14-16)15(3)4/h8-10,13H,5-7H2,1-4H3. The number of aryl methyl sites for hydroxylation is 1. The summed E-state index contributed by atoms with van der Waals surface area (Å²) >= 11 is 0. The molecule has 0 spiro atoms. The summed E-state index contributed by atoms with van der Waals surface area (Å²) < 4.78 is 1.52. The van der Waals surface area contributed by atoms with E-state index in [9.17, 15) is 4.79 Å². The minimum atomic E-state index is -0.0340. The summed E-state index contributed by atoms with van der Waals surface area (Å²) in [6, 6.07) is 2.10. The normalized spacial score (nSPS) is 12.5. The molecule has 1 atom stereocenters.